The zero-order chi connectivity index (χ0) is 14.5. The minimum atomic E-state index is -3.51. The van der Waals surface area contributed by atoms with E-state index in [0.717, 1.165) is 4.31 Å². The van der Waals surface area contributed by atoms with E-state index in [4.69, 9.17) is 5.73 Å². The van der Waals surface area contributed by atoms with Crippen molar-refractivity contribution in [2.45, 2.75) is 12.7 Å². The lowest BCUT2D eigenvalue weighted by atomic mass is 10.2. The molecule has 0 bridgehead atoms. The summed E-state index contributed by atoms with van der Waals surface area (Å²) in [6, 6.07) is 6.64. The largest absolute Gasteiger partial charge is 0.399 e. The maximum absolute atomic E-state index is 12.2. The van der Waals surface area contributed by atoms with Crippen molar-refractivity contribution in [1.29, 1.82) is 0 Å². The first-order valence-corrected chi connectivity index (χ1v) is 7.52. The van der Waals surface area contributed by atoms with Gasteiger partial charge < -0.3 is 11.1 Å². The first-order chi connectivity index (χ1) is 8.89. The predicted octanol–water partition coefficient (Wildman–Crippen LogP) is 0.167. The molecule has 0 unspecified atom stereocenters. The molecule has 19 heavy (non-hydrogen) atoms. The second-order valence-electron chi connectivity index (χ2n) is 4.10. The summed E-state index contributed by atoms with van der Waals surface area (Å²) in [6.07, 6.45) is 0. The van der Waals surface area contributed by atoms with Crippen LogP contribution in [0.25, 0.3) is 0 Å². The molecular weight excluding hydrogens is 266 g/mol. The molecule has 0 radical (unpaired) electrons. The lowest BCUT2D eigenvalue weighted by molar-refractivity contribution is -0.120. The van der Waals surface area contributed by atoms with Crippen molar-refractivity contribution in [3.05, 3.63) is 29.8 Å². The smallest absolute Gasteiger partial charge is 0.235 e. The summed E-state index contributed by atoms with van der Waals surface area (Å²) in [6.45, 7) is 1.79. The molecule has 0 saturated carbocycles. The number of likely N-dealkylation sites (N-methyl/N-ethyl adjacent to an activating group) is 2. The normalized spacial score (nSPS) is 11.5. The van der Waals surface area contributed by atoms with Crippen molar-refractivity contribution >= 4 is 21.6 Å². The van der Waals surface area contributed by atoms with E-state index in [0.29, 0.717) is 11.3 Å². The summed E-state index contributed by atoms with van der Waals surface area (Å²) in [5, 5.41) is 2.41. The lowest BCUT2D eigenvalue weighted by Gasteiger charge is -2.19. The number of carbonyl (C=O) groups is 1. The molecule has 106 valence electrons. The molecular formula is C12H19N3O3S. The van der Waals surface area contributed by atoms with Gasteiger partial charge in [-0.2, -0.15) is 4.31 Å². The van der Waals surface area contributed by atoms with Gasteiger partial charge in [0, 0.05) is 19.3 Å². The Bertz CT molecular complexity index is 526. The Balaban J connectivity index is 2.83. The monoisotopic (exact) mass is 285 g/mol. The maximum Gasteiger partial charge on any atom is 0.235 e. The SMILES string of the molecule is CCN(CC(=O)NC)S(=O)(=O)Cc1ccc(N)cc1. The minimum absolute atomic E-state index is 0.141. The number of benzene rings is 1. The molecule has 0 aliphatic rings. The average molecular weight is 285 g/mol. The molecule has 1 aromatic carbocycles. The highest BCUT2D eigenvalue weighted by molar-refractivity contribution is 7.88. The van der Waals surface area contributed by atoms with Crippen LogP contribution in [-0.4, -0.2) is 38.8 Å². The molecule has 0 spiro atoms. The molecule has 1 rings (SSSR count). The number of nitrogen functional groups attached to an aromatic ring is 1. The summed E-state index contributed by atoms with van der Waals surface area (Å²) in [5.41, 5.74) is 6.77. The topological polar surface area (TPSA) is 92.5 Å². The number of hydrogen-bond acceptors (Lipinski definition) is 4. The van der Waals surface area contributed by atoms with E-state index < -0.39 is 10.0 Å². The summed E-state index contributed by atoms with van der Waals surface area (Å²) in [4.78, 5) is 11.3. The molecule has 0 fully saturated rings. The number of sulfonamides is 1. The number of nitrogens with one attached hydrogen (secondary N) is 1. The Morgan fingerprint density at radius 3 is 2.37 bits per heavy atom. The Labute approximate surface area is 113 Å². The fraction of sp³-hybridized carbons (Fsp3) is 0.417. The zero-order valence-electron chi connectivity index (χ0n) is 11.1. The van der Waals surface area contributed by atoms with E-state index in [-0.39, 0.29) is 24.7 Å². The van der Waals surface area contributed by atoms with Gasteiger partial charge in [0.2, 0.25) is 15.9 Å². The van der Waals surface area contributed by atoms with Gasteiger partial charge in [0.1, 0.15) is 0 Å². The third-order valence-corrected chi connectivity index (χ3v) is 4.55. The van der Waals surface area contributed by atoms with Crippen LogP contribution in [0, 0.1) is 0 Å². The van der Waals surface area contributed by atoms with E-state index in [2.05, 4.69) is 5.32 Å². The average Bonchev–Trinajstić information content (AvgIpc) is 2.37. The highest BCUT2D eigenvalue weighted by atomic mass is 32.2. The summed E-state index contributed by atoms with van der Waals surface area (Å²) in [7, 11) is -2.04. The maximum atomic E-state index is 12.2. The molecule has 0 aliphatic heterocycles. The third-order valence-electron chi connectivity index (χ3n) is 2.67. The number of anilines is 1. The number of nitrogens with zero attached hydrogens (tertiary/aromatic N) is 1. The van der Waals surface area contributed by atoms with Gasteiger partial charge in [-0.05, 0) is 17.7 Å². The Morgan fingerprint density at radius 2 is 1.89 bits per heavy atom. The van der Waals surface area contributed by atoms with Crippen molar-refractivity contribution in [3.8, 4) is 0 Å². The van der Waals surface area contributed by atoms with Gasteiger partial charge >= 0.3 is 0 Å². The fourth-order valence-corrected chi connectivity index (χ4v) is 3.07. The number of carbonyl (C=O) groups excluding carboxylic acids is 1. The van der Waals surface area contributed by atoms with Gasteiger partial charge in [-0.1, -0.05) is 19.1 Å². The Hall–Kier alpha value is -1.60. The van der Waals surface area contributed by atoms with Crippen LogP contribution >= 0.6 is 0 Å². The number of hydrogen-bond donors (Lipinski definition) is 2. The van der Waals surface area contributed by atoms with Gasteiger partial charge in [0.05, 0.1) is 12.3 Å². The predicted molar refractivity (Wildman–Crippen MR) is 74.8 cm³/mol. The minimum Gasteiger partial charge on any atom is -0.399 e. The first-order valence-electron chi connectivity index (χ1n) is 5.92. The third kappa shape index (κ3) is 4.53. The van der Waals surface area contributed by atoms with Crippen LogP contribution in [0.4, 0.5) is 5.69 Å². The summed E-state index contributed by atoms with van der Waals surface area (Å²) < 4.78 is 25.5. The van der Waals surface area contributed by atoms with Crippen molar-refractivity contribution in [3.63, 3.8) is 0 Å². The van der Waals surface area contributed by atoms with Crippen molar-refractivity contribution in [2.75, 3.05) is 25.9 Å². The highest BCUT2D eigenvalue weighted by Crippen LogP contribution is 2.12. The van der Waals surface area contributed by atoms with Gasteiger partial charge in [-0.15, -0.1) is 0 Å². The first kappa shape index (κ1) is 15.5. The zero-order valence-corrected chi connectivity index (χ0v) is 11.9. The Kier molecular flexibility index (Phi) is 5.31. The molecule has 1 aromatic rings. The van der Waals surface area contributed by atoms with Gasteiger partial charge in [0.15, 0.2) is 0 Å². The number of amides is 1. The van der Waals surface area contributed by atoms with Crippen LogP contribution in [0.5, 0.6) is 0 Å². The molecule has 0 aromatic heterocycles. The van der Waals surface area contributed by atoms with Crippen molar-refractivity contribution < 1.29 is 13.2 Å². The molecule has 0 aliphatic carbocycles. The van der Waals surface area contributed by atoms with E-state index in [1.165, 1.54) is 7.05 Å². The highest BCUT2D eigenvalue weighted by Gasteiger charge is 2.22. The van der Waals surface area contributed by atoms with E-state index >= 15 is 0 Å². The van der Waals surface area contributed by atoms with E-state index in [1.54, 1.807) is 31.2 Å². The van der Waals surface area contributed by atoms with Crippen molar-refractivity contribution in [1.82, 2.24) is 9.62 Å². The molecule has 0 atom stereocenters. The number of nitrogens with two attached hydrogens (primary N) is 1. The second-order valence-corrected chi connectivity index (χ2v) is 6.07. The van der Waals surface area contributed by atoms with Crippen LogP contribution in [-0.2, 0) is 20.6 Å². The Morgan fingerprint density at radius 1 is 1.32 bits per heavy atom. The fourth-order valence-electron chi connectivity index (χ4n) is 1.56. The van der Waals surface area contributed by atoms with Crippen LogP contribution < -0.4 is 11.1 Å². The summed E-state index contributed by atoms with van der Waals surface area (Å²) in [5.74, 6) is -0.472. The van der Waals surface area contributed by atoms with Crippen LogP contribution in [0.15, 0.2) is 24.3 Å². The van der Waals surface area contributed by atoms with E-state index in [1.807, 2.05) is 0 Å². The van der Waals surface area contributed by atoms with Crippen LogP contribution in [0.2, 0.25) is 0 Å². The van der Waals surface area contributed by atoms with E-state index in [9.17, 15) is 13.2 Å². The molecule has 0 saturated heterocycles. The quantitative estimate of drug-likeness (QED) is 0.729. The molecule has 1 amide bonds. The van der Waals surface area contributed by atoms with Crippen molar-refractivity contribution in [2.24, 2.45) is 0 Å². The molecule has 3 N–H and O–H groups in total. The summed E-state index contributed by atoms with van der Waals surface area (Å²) >= 11 is 0. The van der Waals surface area contributed by atoms with Gasteiger partial charge in [-0.25, -0.2) is 8.42 Å². The molecule has 7 heteroatoms. The molecule has 0 heterocycles. The van der Waals surface area contributed by atoms with Crippen LogP contribution in [0.1, 0.15) is 12.5 Å². The van der Waals surface area contributed by atoms with Crippen LogP contribution in [0.3, 0.4) is 0 Å². The standard InChI is InChI=1S/C12H19N3O3S/c1-3-15(8-12(16)14-2)19(17,18)9-10-4-6-11(13)7-5-10/h4-7H,3,8-9,13H2,1-2H3,(H,14,16). The molecule has 6 nitrogen and oxygen atoms in total. The van der Waals surface area contributed by atoms with Gasteiger partial charge in [-0.3, -0.25) is 4.79 Å². The lowest BCUT2D eigenvalue weighted by Crippen LogP contribution is -2.40. The number of rotatable bonds is 6. The van der Waals surface area contributed by atoms with Gasteiger partial charge in [0.25, 0.3) is 0 Å². The second kappa shape index (κ2) is 6.53.